The van der Waals surface area contributed by atoms with Gasteiger partial charge in [0, 0.05) is 6.61 Å². The zero-order valence-electron chi connectivity index (χ0n) is 10.1. The minimum Gasteiger partial charge on any atom is -0.396 e. The van der Waals surface area contributed by atoms with Crippen molar-refractivity contribution in [3.63, 3.8) is 0 Å². The predicted molar refractivity (Wildman–Crippen MR) is 61.3 cm³/mol. The highest BCUT2D eigenvalue weighted by molar-refractivity contribution is 5.08. The monoisotopic (exact) mass is 198 g/mol. The highest BCUT2D eigenvalue weighted by Crippen LogP contribution is 2.67. The molecule has 0 aromatic rings. The molecule has 1 unspecified atom stereocenters. The van der Waals surface area contributed by atoms with Gasteiger partial charge in [-0.2, -0.15) is 0 Å². The second kappa shape index (κ2) is 4.65. The molecule has 84 valence electrons. The summed E-state index contributed by atoms with van der Waals surface area (Å²) in [6.45, 7) is 7.33. The summed E-state index contributed by atoms with van der Waals surface area (Å²) in [6.07, 6.45) is 9.10. The molecule has 1 atom stereocenters. The van der Waals surface area contributed by atoms with Crippen LogP contribution >= 0.6 is 0 Å². The van der Waals surface area contributed by atoms with Crippen LogP contribution in [0, 0.1) is 10.8 Å². The van der Waals surface area contributed by atoms with E-state index in [2.05, 4.69) is 20.8 Å². The van der Waals surface area contributed by atoms with Gasteiger partial charge in [-0.3, -0.25) is 0 Å². The van der Waals surface area contributed by atoms with Crippen LogP contribution in [0.1, 0.15) is 65.7 Å². The molecule has 1 aliphatic rings. The van der Waals surface area contributed by atoms with Crippen LogP contribution in [0.5, 0.6) is 0 Å². The van der Waals surface area contributed by atoms with Crippen molar-refractivity contribution < 1.29 is 5.11 Å². The Morgan fingerprint density at radius 1 is 1.07 bits per heavy atom. The van der Waals surface area contributed by atoms with Crippen LogP contribution in [0.2, 0.25) is 0 Å². The normalized spacial score (nSPS) is 29.1. The highest BCUT2D eigenvalue weighted by Gasteiger charge is 2.59. The summed E-state index contributed by atoms with van der Waals surface area (Å²) in [5, 5.41) is 9.08. The SMILES string of the molecule is CCCCCCC1(CCO)CC1(C)C. The molecular weight excluding hydrogens is 172 g/mol. The molecular formula is C13H26O. The molecule has 14 heavy (non-hydrogen) atoms. The molecule has 0 bridgehead atoms. The molecule has 0 saturated heterocycles. The van der Waals surface area contributed by atoms with E-state index in [0.717, 1.165) is 6.42 Å². The maximum absolute atomic E-state index is 9.08. The first-order valence-corrected chi connectivity index (χ1v) is 6.19. The molecule has 0 amide bonds. The van der Waals surface area contributed by atoms with E-state index in [1.54, 1.807) is 0 Å². The fourth-order valence-electron chi connectivity index (χ4n) is 2.88. The van der Waals surface area contributed by atoms with Gasteiger partial charge in [0.15, 0.2) is 0 Å². The molecule has 1 aliphatic carbocycles. The predicted octanol–water partition coefficient (Wildman–Crippen LogP) is 3.76. The molecule has 0 spiro atoms. The van der Waals surface area contributed by atoms with Gasteiger partial charge >= 0.3 is 0 Å². The number of unbranched alkanes of at least 4 members (excludes halogenated alkanes) is 3. The molecule has 0 aromatic carbocycles. The third-order valence-electron chi connectivity index (χ3n) is 4.19. The van der Waals surface area contributed by atoms with Gasteiger partial charge < -0.3 is 5.11 Å². The highest BCUT2D eigenvalue weighted by atomic mass is 16.3. The van der Waals surface area contributed by atoms with E-state index in [9.17, 15) is 0 Å². The van der Waals surface area contributed by atoms with E-state index in [4.69, 9.17) is 5.11 Å². The Labute approximate surface area is 88.9 Å². The van der Waals surface area contributed by atoms with Gasteiger partial charge in [-0.05, 0) is 30.1 Å². The van der Waals surface area contributed by atoms with E-state index in [1.165, 1.54) is 38.5 Å². The Kier molecular flexibility index (Phi) is 4.00. The van der Waals surface area contributed by atoms with Crippen molar-refractivity contribution in [2.45, 2.75) is 65.7 Å². The lowest BCUT2D eigenvalue weighted by Crippen LogP contribution is -2.11. The smallest absolute Gasteiger partial charge is 0.0436 e. The lowest BCUT2D eigenvalue weighted by atomic mass is 9.87. The van der Waals surface area contributed by atoms with Gasteiger partial charge in [0.2, 0.25) is 0 Å². The first-order valence-electron chi connectivity index (χ1n) is 6.19. The van der Waals surface area contributed by atoms with E-state index in [-0.39, 0.29) is 0 Å². The molecule has 1 saturated carbocycles. The molecule has 1 nitrogen and oxygen atoms in total. The topological polar surface area (TPSA) is 20.2 Å². The maximum atomic E-state index is 9.08. The molecule has 1 fully saturated rings. The molecule has 0 aliphatic heterocycles. The second-order valence-corrected chi connectivity index (χ2v) is 5.63. The van der Waals surface area contributed by atoms with Crippen molar-refractivity contribution in [2.24, 2.45) is 10.8 Å². The van der Waals surface area contributed by atoms with Crippen molar-refractivity contribution >= 4 is 0 Å². The van der Waals surface area contributed by atoms with Gasteiger partial charge in [0.1, 0.15) is 0 Å². The zero-order chi connectivity index (χ0) is 10.7. The lowest BCUT2D eigenvalue weighted by molar-refractivity contribution is 0.214. The van der Waals surface area contributed by atoms with Gasteiger partial charge in [-0.15, -0.1) is 0 Å². The van der Waals surface area contributed by atoms with Gasteiger partial charge in [-0.1, -0.05) is 46.5 Å². The number of hydrogen-bond acceptors (Lipinski definition) is 1. The fraction of sp³-hybridized carbons (Fsp3) is 1.00. The first-order chi connectivity index (χ1) is 6.58. The van der Waals surface area contributed by atoms with Gasteiger partial charge in [-0.25, -0.2) is 0 Å². The van der Waals surface area contributed by atoms with Crippen molar-refractivity contribution in [1.82, 2.24) is 0 Å². The van der Waals surface area contributed by atoms with Crippen LogP contribution in [-0.2, 0) is 0 Å². The fourth-order valence-corrected chi connectivity index (χ4v) is 2.88. The Bertz CT molecular complexity index is 174. The first kappa shape index (κ1) is 12.0. The standard InChI is InChI=1S/C13H26O/c1-4-5-6-7-8-13(9-10-14)11-12(13,2)3/h14H,4-11H2,1-3H3. The van der Waals surface area contributed by atoms with Crippen molar-refractivity contribution in [1.29, 1.82) is 0 Å². The van der Waals surface area contributed by atoms with Crippen molar-refractivity contribution in [3.8, 4) is 0 Å². The van der Waals surface area contributed by atoms with Crippen LogP contribution in [-0.4, -0.2) is 11.7 Å². The van der Waals surface area contributed by atoms with Crippen molar-refractivity contribution in [2.75, 3.05) is 6.61 Å². The van der Waals surface area contributed by atoms with Crippen LogP contribution in [0.4, 0.5) is 0 Å². The Morgan fingerprint density at radius 2 is 1.71 bits per heavy atom. The number of hydrogen-bond donors (Lipinski definition) is 1. The number of rotatable bonds is 7. The average molecular weight is 198 g/mol. The average Bonchev–Trinajstić information content (AvgIpc) is 2.63. The molecule has 1 N–H and O–H groups in total. The van der Waals surface area contributed by atoms with E-state index >= 15 is 0 Å². The summed E-state index contributed by atoms with van der Waals surface area (Å²) < 4.78 is 0. The summed E-state index contributed by atoms with van der Waals surface area (Å²) in [5.41, 5.74) is 0.997. The van der Waals surface area contributed by atoms with Crippen LogP contribution in [0.25, 0.3) is 0 Å². The summed E-state index contributed by atoms with van der Waals surface area (Å²) in [4.78, 5) is 0. The Hall–Kier alpha value is -0.0400. The molecule has 1 rings (SSSR count). The summed E-state index contributed by atoms with van der Waals surface area (Å²) >= 11 is 0. The second-order valence-electron chi connectivity index (χ2n) is 5.63. The molecule has 0 heterocycles. The molecule has 0 radical (unpaired) electrons. The Balaban J connectivity index is 2.25. The van der Waals surface area contributed by atoms with Crippen LogP contribution in [0.15, 0.2) is 0 Å². The third-order valence-corrected chi connectivity index (χ3v) is 4.19. The van der Waals surface area contributed by atoms with E-state index < -0.39 is 0 Å². The van der Waals surface area contributed by atoms with Crippen molar-refractivity contribution in [3.05, 3.63) is 0 Å². The minimum atomic E-state index is 0.372. The third kappa shape index (κ3) is 2.50. The number of aliphatic hydroxyl groups excluding tert-OH is 1. The van der Waals surface area contributed by atoms with E-state index in [1.807, 2.05) is 0 Å². The quantitative estimate of drug-likeness (QED) is 0.618. The largest absolute Gasteiger partial charge is 0.396 e. The summed E-state index contributed by atoms with van der Waals surface area (Å²) in [6, 6.07) is 0. The summed E-state index contributed by atoms with van der Waals surface area (Å²) in [5.74, 6) is 0. The molecule has 1 heteroatoms. The van der Waals surface area contributed by atoms with E-state index in [0.29, 0.717) is 17.4 Å². The van der Waals surface area contributed by atoms with Gasteiger partial charge in [0.25, 0.3) is 0 Å². The minimum absolute atomic E-state index is 0.372. The zero-order valence-corrected chi connectivity index (χ0v) is 10.1. The maximum Gasteiger partial charge on any atom is 0.0436 e. The van der Waals surface area contributed by atoms with Gasteiger partial charge in [0.05, 0.1) is 0 Å². The lowest BCUT2D eigenvalue weighted by Gasteiger charge is -2.19. The number of aliphatic hydroxyl groups is 1. The Morgan fingerprint density at radius 3 is 2.14 bits per heavy atom. The summed E-state index contributed by atoms with van der Waals surface area (Å²) in [7, 11) is 0. The van der Waals surface area contributed by atoms with Crippen LogP contribution in [0.3, 0.4) is 0 Å². The van der Waals surface area contributed by atoms with Crippen LogP contribution < -0.4 is 0 Å². The molecule has 0 aromatic heterocycles.